The topological polar surface area (TPSA) is 63.8 Å². The van der Waals surface area contributed by atoms with Crippen LogP contribution >= 0.6 is 0 Å². The molecule has 2 rings (SSSR count). The van der Waals surface area contributed by atoms with Gasteiger partial charge in [-0.05, 0) is 24.3 Å². The Labute approximate surface area is 96.7 Å². The lowest BCUT2D eigenvalue weighted by molar-refractivity contribution is 0.281. The van der Waals surface area contributed by atoms with Crippen LogP contribution in [0.4, 0.5) is 5.82 Å². The van der Waals surface area contributed by atoms with E-state index >= 15 is 0 Å². The molecule has 16 heavy (non-hydrogen) atoms. The molecule has 4 heteroatoms. The van der Waals surface area contributed by atoms with Crippen molar-refractivity contribution in [3.8, 4) is 0 Å². The van der Waals surface area contributed by atoms with E-state index in [0.717, 1.165) is 5.82 Å². The van der Waals surface area contributed by atoms with Crippen molar-refractivity contribution in [3.63, 3.8) is 0 Å². The van der Waals surface area contributed by atoms with Gasteiger partial charge in [0.25, 0.3) is 0 Å². The molecule has 88 valence electrons. The summed E-state index contributed by atoms with van der Waals surface area (Å²) in [5, 5.41) is 3.53. The van der Waals surface area contributed by atoms with Gasteiger partial charge in [0.15, 0.2) is 0 Å². The van der Waals surface area contributed by atoms with Gasteiger partial charge in [-0.3, -0.25) is 0 Å². The number of nitrogens with two attached hydrogens (primary N) is 1. The lowest BCUT2D eigenvalue weighted by Gasteiger charge is -2.27. The van der Waals surface area contributed by atoms with Gasteiger partial charge in [0.2, 0.25) is 0 Å². The molecule has 1 aliphatic rings. The summed E-state index contributed by atoms with van der Waals surface area (Å²) in [6.45, 7) is 5.34. The molecular weight excluding hydrogens is 200 g/mol. The number of nitrogens with zero attached hydrogens (tertiary/aromatic N) is 2. The van der Waals surface area contributed by atoms with E-state index in [1.807, 2.05) is 0 Å². The second-order valence-corrected chi connectivity index (χ2v) is 5.21. The van der Waals surface area contributed by atoms with Gasteiger partial charge in [0.05, 0.1) is 6.54 Å². The zero-order valence-electron chi connectivity index (χ0n) is 10.0. The highest BCUT2D eigenvalue weighted by Gasteiger charge is 2.33. The number of nitrogens with one attached hydrogen (secondary N) is 1. The monoisotopic (exact) mass is 220 g/mol. The van der Waals surface area contributed by atoms with Gasteiger partial charge in [0, 0.05) is 12.2 Å². The summed E-state index contributed by atoms with van der Waals surface area (Å²) in [6, 6.07) is 2.28. The molecule has 1 aliphatic carbocycles. The highest BCUT2D eigenvalue weighted by molar-refractivity contribution is 5.24. The summed E-state index contributed by atoms with van der Waals surface area (Å²) < 4.78 is 0. The zero-order chi connectivity index (χ0) is 11.6. The molecule has 1 aromatic rings. The molecule has 4 nitrogen and oxygen atoms in total. The van der Waals surface area contributed by atoms with Crippen LogP contribution in [0.2, 0.25) is 0 Å². The van der Waals surface area contributed by atoms with E-state index in [1.54, 1.807) is 12.3 Å². The Morgan fingerprint density at radius 1 is 1.56 bits per heavy atom. The van der Waals surface area contributed by atoms with Gasteiger partial charge < -0.3 is 11.1 Å². The van der Waals surface area contributed by atoms with Crippen molar-refractivity contribution in [2.24, 2.45) is 5.41 Å². The highest BCUT2D eigenvalue weighted by atomic mass is 15.0. The third-order valence-electron chi connectivity index (χ3n) is 3.49. The first kappa shape index (κ1) is 11.3. The van der Waals surface area contributed by atoms with Crippen LogP contribution in [0.1, 0.15) is 38.9 Å². The van der Waals surface area contributed by atoms with Crippen LogP contribution in [0.3, 0.4) is 0 Å². The highest BCUT2D eigenvalue weighted by Crippen LogP contribution is 2.37. The number of rotatable bonds is 3. The molecule has 0 unspecified atom stereocenters. The second kappa shape index (κ2) is 4.37. The first-order valence-corrected chi connectivity index (χ1v) is 5.89. The van der Waals surface area contributed by atoms with Gasteiger partial charge in [0.1, 0.15) is 11.6 Å². The fraction of sp³-hybridized carbons (Fsp3) is 0.667. The molecule has 0 spiro atoms. The maximum Gasteiger partial charge on any atom is 0.144 e. The third kappa shape index (κ3) is 2.50. The predicted molar refractivity (Wildman–Crippen MR) is 64.7 cm³/mol. The van der Waals surface area contributed by atoms with Crippen molar-refractivity contribution in [3.05, 3.63) is 18.1 Å². The number of hydrogen-bond donors (Lipinski definition) is 2. The predicted octanol–water partition coefficient (Wildman–Crippen LogP) is 1.73. The number of anilines is 1. The number of nitrogen functional groups attached to an aromatic ring is 1. The van der Waals surface area contributed by atoms with Crippen LogP contribution in [0.15, 0.2) is 12.3 Å². The van der Waals surface area contributed by atoms with E-state index in [1.165, 1.54) is 19.3 Å². The number of hydrogen-bond acceptors (Lipinski definition) is 4. The van der Waals surface area contributed by atoms with Crippen LogP contribution in [0, 0.1) is 5.41 Å². The van der Waals surface area contributed by atoms with E-state index in [9.17, 15) is 0 Å². The summed E-state index contributed by atoms with van der Waals surface area (Å²) in [5.74, 6) is 1.32. The minimum absolute atomic E-state index is 0.389. The smallest absolute Gasteiger partial charge is 0.144 e. The van der Waals surface area contributed by atoms with E-state index in [4.69, 9.17) is 5.73 Å². The van der Waals surface area contributed by atoms with E-state index in [-0.39, 0.29) is 0 Å². The Kier molecular flexibility index (Phi) is 3.10. The van der Waals surface area contributed by atoms with Crippen molar-refractivity contribution in [2.45, 2.75) is 45.7 Å². The van der Waals surface area contributed by atoms with Gasteiger partial charge >= 0.3 is 0 Å². The maximum absolute atomic E-state index is 5.62. The fourth-order valence-corrected chi connectivity index (χ4v) is 2.42. The Bertz CT molecular complexity index is 362. The summed E-state index contributed by atoms with van der Waals surface area (Å²) in [4.78, 5) is 8.38. The molecule has 0 bridgehead atoms. The zero-order valence-corrected chi connectivity index (χ0v) is 10.0. The quantitative estimate of drug-likeness (QED) is 0.814. The van der Waals surface area contributed by atoms with E-state index < -0.39 is 0 Å². The van der Waals surface area contributed by atoms with Crippen molar-refractivity contribution in [1.82, 2.24) is 15.3 Å². The van der Waals surface area contributed by atoms with Gasteiger partial charge in [-0.2, -0.15) is 0 Å². The van der Waals surface area contributed by atoms with Crippen LogP contribution in [-0.2, 0) is 6.54 Å². The lowest BCUT2D eigenvalue weighted by Crippen LogP contribution is -2.37. The summed E-state index contributed by atoms with van der Waals surface area (Å²) >= 11 is 0. The molecule has 1 heterocycles. The average Bonchev–Trinajstić information content (AvgIpc) is 2.55. The van der Waals surface area contributed by atoms with E-state index in [2.05, 4.69) is 29.1 Å². The van der Waals surface area contributed by atoms with Crippen molar-refractivity contribution in [2.75, 3.05) is 5.73 Å². The second-order valence-electron chi connectivity index (χ2n) is 5.21. The molecule has 1 fully saturated rings. The molecular formula is C12H20N4. The normalized spacial score (nSPS) is 23.5. The fourth-order valence-electron chi connectivity index (χ4n) is 2.42. The minimum Gasteiger partial charge on any atom is -0.384 e. The molecule has 0 aromatic carbocycles. The Hall–Kier alpha value is -1.16. The van der Waals surface area contributed by atoms with Crippen LogP contribution in [0.25, 0.3) is 0 Å². The summed E-state index contributed by atoms with van der Waals surface area (Å²) in [6.07, 6.45) is 5.55. The van der Waals surface area contributed by atoms with Crippen molar-refractivity contribution >= 4 is 5.82 Å². The Morgan fingerprint density at radius 3 is 3.00 bits per heavy atom. The van der Waals surface area contributed by atoms with Crippen LogP contribution in [-0.4, -0.2) is 16.0 Å². The summed E-state index contributed by atoms with van der Waals surface area (Å²) in [7, 11) is 0. The average molecular weight is 220 g/mol. The Balaban J connectivity index is 1.92. The molecule has 1 saturated carbocycles. The largest absolute Gasteiger partial charge is 0.384 e. The van der Waals surface area contributed by atoms with Gasteiger partial charge in [-0.15, -0.1) is 0 Å². The molecule has 1 atom stereocenters. The molecule has 0 radical (unpaired) electrons. The maximum atomic E-state index is 5.62. The van der Waals surface area contributed by atoms with Crippen LogP contribution in [0.5, 0.6) is 0 Å². The number of aromatic nitrogens is 2. The summed E-state index contributed by atoms with van der Waals surface area (Å²) in [5.41, 5.74) is 6.01. The Morgan fingerprint density at radius 2 is 2.38 bits per heavy atom. The molecule has 0 aliphatic heterocycles. The molecule has 3 N–H and O–H groups in total. The first-order chi connectivity index (χ1) is 7.58. The van der Waals surface area contributed by atoms with Crippen molar-refractivity contribution < 1.29 is 0 Å². The molecule has 0 saturated heterocycles. The third-order valence-corrected chi connectivity index (χ3v) is 3.49. The molecule has 0 amide bonds. The lowest BCUT2D eigenvalue weighted by atomic mass is 9.87. The van der Waals surface area contributed by atoms with Crippen LogP contribution < -0.4 is 11.1 Å². The first-order valence-electron chi connectivity index (χ1n) is 5.89. The SMILES string of the molecule is CC1(C)CCC[C@@H]1NCc1nccc(N)n1. The minimum atomic E-state index is 0.389. The standard InChI is InChI=1S/C12H20N4/c1-12(2)6-3-4-9(12)15-8-11-14-7-5-10(13)16-11/h5,7,9,15H,3-4,6,8H2,1-2H3,(H2,13,14,16)/t9-/m0/s1. The van der Waals surface area contributed by atoms with E-state index in [0.29, 0.717) is 23.8 Å². The van der Waals surface area contributed by atoms with Crippen molar-refractivity contribution in [1.29, 1.82) is 0 Å². The van der Waals surface area contributed by atoms with Gasteiger partial charge in [-0.1, -0.05) is 20.3 Å². The molecule has 1 aromatic heterocycles. The van der Waals surface area contributed by atoms with Gasteiger partial charge in [-0.25, -0.2) is 9.97 Å².